The van der Waals surface area contributed by atoms with Gasteiger partial charge in [0.05, 0.1) is 12.0 Å². The smallest absolute Gasteiger partial charge is 0.231 e. The summed E-state index contributed by atoms with van der Waals surface area (Å²) in [7, 11) is 1.54. The van der Waals surface area contributed by atoms with Crippen LogP contribution in [0.25, 0.3) is 0 Å². The lowest BCUT2D eigenvalue weighted by Crippen LogP contribution is -2.48. The molecule has 0 aliphatic heterocycles. The molecular formula is C20H24FNO2S. The molecule has 3 nitrogen and oxygen atoms in total. The topological polar surface area (TPSA) is 38.3 Å². The zero-order chi connectivity index (χ0) is 17.9. The second-order valence-corrected chi connectivity index (χ2v) is 7.81. The zero-order valence-corrected chi connectivity index (χ0v) is 15.5. The van der Waals surface area contributed by atoms with E-state index in [1.54, 1.807) is 43.6 Å². The Labute approximate surface area is 152 Å². The number of rotatable bonds is 6. The maximum Gasteiger partial charge on any atom is 0.231 e. The van der Waals surface area contributed by atoms with Crippen LogP contribution in [0.3, 0.4) is 0 Å². The molecule has 0 unspecified atom stereocenters. The highest BCUT2D eigenvalue weighted by molar-refractivity contribution is 7.10. The summed E-state index contributed by atoms with van der Waals surface area (Å²) in [6.45, 7) is 2.04. The molecule has 0 radical (unpaired) electrons. The SMILES string of the molecule is CO[C@](C)(CNC(=O)C1(c2cccs2)CCCC1)c1ccccc1F. The number of carbonyl (C=O) groups excluding carboxylic acids is 1. The molecule has 3 rings (SSSR count). The summed E-state index contributed by atoms with van der Waals surface area (Å²) < 4.78 is 19.8. The monoisotopic (exact) mass is 361 g/mol. The highest BCUT2D eigenvalue weighted by Crippen LogP contribution is 2.43. The Balaban J connectivity index is 1.79. The molecule has 0 bridgehead atoms. The van der Waals surface area contributed by atoms with Crippen LogP contribution < -0.4 is 5.32 Å². The van der Waals surface area contributed by atoms with E-state index in [2.05, 4.69) is 5.32 Å². The summed E-state index contributed by atoms with van der Waals surface area (Å²) in [6.07, 6.45) is 3.84. The van der Waals surface area contributed by atoms with Crippen molar-refractivity contribution in [1.82, 2.24) is 5.32 Å². The highest BCUT2D eigenvalue weighted by Gasteiger charge is 2.44. The van der Waals surface area contributed by atoms with E-state index in [-0.39, 0.29) is 18.3 Å². The van der Waals surface area contributed by atoms with Crippen molar-refractivity contribution in [3.05, 3.63) is 58.0 Å². The van der Waals surface area contributed by atoms with Gasteiger partial charge < -0.3 is 10.1 Å². The predicted octanol–water partition coefficient (Wildman–Crippen LogP) is 4.38. The number of benzene rings is 1. The van der Waals surface area contributed by atoms with Gasteiger partial charge in [-0.05, 0) is 37.3 Å². The lowest BCUT2D eigenvalue weighted by Gasteiger charge is -2.32. The molecule has 1 aromatic carbocycles. The van der Waals surface area contributed by atoms with E-state index < -0.39 is 11.0 Å². The molecule has 1 N–H and O–H groups in total. The molecule has 25 heavy (non-hydrogen) atoms. The van der Waals surface area contributed by atoms with Crippen molar-refractivity contribution in [2.24, 2.45) is 0 Å². The average molecular weight is 361 g/mol. The van der Waals surface area contributed by atoms with Crippen LogP contribution in [0, 0.1) is 5.82 Å². The van der Waals surface area contributed by atoms with E-state index >= 15 is 0 Å². The van der Waals surface area contributed by atoms with Crippen LogP contribution in [-0.4, -0.2) is 19.6 Å². The van der Waals surface area contributed by atoms with Gasteiger partial charge in [-0.2, -0.15) is 0 Å². The van der Waals surface area contributed by atoms with Crippen molar-refractivity contribution in [3.8, 4) is 0 Å². The predicted molar refractivity (Wildman–Crippen MR) is 98.2 cm³/mol. The van der Waals surface area contributed by atoms with Crippen molar-refractivity contribution in [2.45, 2.75) is 43.6 Å². The van der Waals surface area contributed by atoms with E-state index in [1.807, 2.05) is 17.5 Å². The number of methoxy groups -OCH3 is 1. The van der Waals surface area contributed by atoms with Gasteiger partial charge in [0, 0.05) is 17.6 Å². The molecule has 1 fully saturated rings. The Morgan fingerprint density at radius 2 is 2.00 bits per heavy atom. The van der Waals surface area contributed by atoms with E-state index in [0.29, 0.717) is 5.56 Å². The van der Waals surface area contributed by atoms with Gasteiger partial charge in [-0.1, -0.05) is 37.1 Å². The maximum atomic E-state index is 14.2. The molecule has 5 heteroatoms. The summed E-state index contributed by atoms with van der Waals surface area (Å²) in [6, 6.07) is 10.6. The molecular weight excluding hydrogens is 337 g/mol. The second-order valence-electron chi connectivity index (χ2n) is 6.86. The largest absolute Gasteiger partial charge is 0.372 e. The highest BCUT2D eigenvalue weighted by atomic mass is 32.1. The molecule has 1 heterocycles. The van der Waals surface area contributed by atoms with Crippen LogP contribution in [-0.2, 0) is 20.5 Å². The second kappa shape index (κ2) is 7.26. The minimum atomic E-state index is -0.907. The Morgan fingerprint density at radius 3 is 2.60 bits per heavy atom. The lowest BCUT2D eigenvalue weighted by atomic mass is 9.83. The zero-order valence-electron chi connectivity index (χ0n) is 14.7. The minimum absolute atomic E-state index is 0.0204. The fourth-order valence-electron chi connectivity index (χ4n) is 3.70. The van der Waals surface area contributed by atoms with Gasteiger partial charge in [0.1, 0.15) is 11.4 Å². The lowest BCUT2D eigenvalue weighted by molar-refractivity contribution is -0.128. The average Bonchev–Trinajstić information content (AvgIpc) is 3.31. The third-order valence-electron chi connectivity index (χ3n) is 5.36. The first kappa shape index (κ1) is 18.1. The first-order valence-electron chi connectivity index (χ1n) is 8.64. The first-order chi connectivity index (χ1) is 12.0. The molecule has 2 aromatic rings. The molecule has 1 aliphatic carbocycles. The third-order valence-corrected chi connectivity index (χ3v) is 6.44. The number of nitrogens with one attached hydrogen (secondary N) is 1. The number of halogens is 1. The first-order valence-corrected chi connectivity index (χ1v) is 9.52. The van der Waals surface area contributed by atoms with Gasteiger partial charge in [0.25, 0.3) is 0 Å². The molecule has 1 aliphatic rings. The standard InChI is InChI=1S/C20H24FNO2S/c1-19(24-2,15-8-3-4-9-16(15)21)14-22-18(23)20(11-5-6-12-20)17-10-7-13-25-17/h3-4,7-10,13H,5-6,11-12,14H2,1-2H3,(H,22,23)/t19-/m1/s1. The minimum Gasteiger partial charge on any atom is -0.372 e. The number of thiophene rings is 1. The van der Waals surface area contributed by atoms with Crippen LogP contribution in [0.15, 0.2) is 41.8 Å². The van der Waals surface area contributed by atoms with Crippen LogP contribution in [0.4, 0.5) is 4.39 Å². The van der Waals surface area contributed by atoms with Gasteiger partial charge in [-0.15, -0.1) is 11.3 Å². The summed E-state index contributed by atoms with van der Waals surface area (Å²) in [4.78, 5) is 14.2. The molecule has 1 atom stereocenters. The van der Waals surface area contributed by atoms with Gasteiger partial charge in [-0.3, -0.25) is 4.79 Å². The number of hydrogen-bond acceptors (Lipinski definition) is 3. The van der Waals surface area contributed by atoms with Crippen molar-refractivity contribution in [3.63, 3.8) is 0 Å². The summed E-state index contributed by atoms with van der Waals surface area (Å²) in [5.74, 6) is -0.304. The fraction of sp³-hybridized carbons (Fsp3) is 0.450. The van der Waals surface area contributed by atoms with Crippen molar-refractivity contribution < 1.29 is 13.9 Å². The number of carbonyl (C=O) groups is 1. The van der Waals surface area contributed by atoms with Gasteiger partial charge in [0.15, 0.2) is 0 Å². The van der Waals surface area contributed by atoms with E-state index in [9.17, 15) is 9.18 Å². The third kappa shape index (κ3) is 3.35. The number of hydrogen-bond donors (Lipinski definition) is 1. The van der Waals surface area contributed by atoms with Crippen LogP contribution >= 0.6 is 11.3 Å². The molecule has 1 amide bonds. The van der Waals surface area contributed by atoms with Gasteiger partial charge in [-0.25, -0.2) is 4.39 Å². The molecule has 1 aromatic heterocycles. The number of ether oxygens (including phenoxy) is 1. The Morgan fingerprint density at radius 1 is 1.28 bits per heavy atom. The Kier molecular flexibility index (Phi) is 5.25. The van der Waals surface area contributed by atoms with E-state index in [4.69, 9.17) is 4.74 Å². The Hall–Kier alpha value is -1.72. The van der Waals surface area contributed by atoms with Crippen molar-refractivity contribution in [2.75, 3.05) is 13.7 Å². The number of amides is 1. The summed E-state index contributed by atoms with van der Waals surface area (Å²) >= 11 is 1.63. The van der Waals surface area contributed by atoms with Crippen LogP contribution in [0.2, 0.25) is 0 Å². The summed E-state index contributed by atoms with van der Waals surface area (Å²) in [5, 5.41) is 5.06. The van der Waals surface area contributed by atoms with Crippen molar-refractivity contribution in [1.29, 1.82) is 0 Å². The normalized spacial score (nSPS) is 18.7. The molecule has 134 valence electrons. The van der Waals surface area contributed by atoms with E-state index in [0.717, 1.165) is 30.6 Å². The van der Waals surface area contributed by atoms with Crippen molar-refractivity contribution >= 4 is 17.2 Å². The Bertz CT molecular complexity index is 725. The molecule has 0 spiro atoms. The molecule has 1 saturated carbocycles. The van der Waals surface area contributed by atoms with Crippen LogP contribution in [0.5, 0.6) is 0 Å². The molecule has 0 saturated heterocycles. The fourth-order valence-corrected chi connectivity index (χ4v) is 4.68. The van der Waals surface area contributed by atoms with Gasteiger partial charge >= 0.3 is 0 Å². The van der Waals surface area contributed by atoms with Crippen LogP contribution in [0.1, 0.15) is 43.0 Å². The van der Waals surface area contributed by atoms with Gasteiger partial charge in [0.2, 0.25) is 5.91 Å². The maximum absolute atomic E-state index is 14.2. The van der Waals surface area contributed by atoms with E-state index in [1.165, 1.54) is 6.07 Å². The summed E-state index contributed by atoms with van der Waals surface area (Å²) in [5.41, 5.74) is -0.900. The quantitative estimate of drug-likeness (QED) is 0.829.